The van der Waals surface area contributed by atoms with Crippen LogP contribution in [0.4, 0.5) is 0 Å². The SMILES string of the molecule is CCOC(=O)CCCCCc1ncc(-c2ccccc2)o1. The topological polar surface area (TPSA) is 52.3 Å². The van der Waals surface area contributed by atoms with Gasteiger partial charge in [0.05, 0.1) is 12.8 Å². The standard InChI is InChI=1S/C17H21NO3/c1-2-20-17(19)12-8-4-7-11-16-18-13-15(21-16)14-9-5-3-6-10-14/h3,5-6,9-10,13H,2,4,7-8,11-12H2,1H3. The molecule has 0 radical (unpaired) electrons. The summed E-state index contributed by atoms with van der Waals surface area (Å²) in [5.41, 5.74) is 1.04. The van der Waals surface area contributed by atoms with Gasteiger partial charge in [-0.3, -0.25) is 4.79 Å². The van der Waals surface area contributed by atoms with Crippen LogP contribution in [0.25, 0.3) is 11.3 Å². The van der Waals surface area contributed by atoms with E-state index in [0.717, 1.165) is 42.9 Å². The summed E-state index contributed by atoms with van der Waals surface area (Å²) in [4.78, 5) is 15.5. The van der Waals surface area contributed by atoms with Crippen LogP contribution in [-0.4, -0.2) is 17.6 Å². The van der Waals surface area contributed by atoms with Gasteiger partial charge in [0, 0.05) is 18.4 Å². The van der Waals surface area contributed by atoms with Crippen LogP contribution in [0, 0.1) is 0 Å². The fourth-order valence-electron chi connectivity index (χ4n) is 2.12. The van der Waals surface area contributed by atoms with Crippen molar-refractivity contribution in [3.05, 3.63) is 42.4 Å². The Morgan fingerprint density at radius 2 is 2.00 bits per heavy atom. The van der Waals surface area contributed by atoms with Gasteiger partial charge in [0.25, 0.3) is 0 Å². The Morgan fingerprint density at radius 3 is 2.76 bits per heavy atom. The second-order valence-electron chi connectivity index (χ2n) is 4.85. The van der Waals surface area contributed by atoms with Crippen LogP contribution in [-0.2, 0) is 16.0 Å². The highest BCUT2D eigenvalue weighted by Crippen LogP contribution is 2.20. The number of carbonyl (C=O) groups is 1. The van der Waals surface area contributed by atoms with Crippen LogP contribution in [0.3, 0.4) is 0 Å². The first-order chi connectivity index (χ1) is 10.3. The lowest BCUT2D eigenvalue weighted by molar-refractivity contribution is -0.143. The number of aryl methyl sites for hydroxylation is 1. The first-order valence-electron chi connectivity index (χ1n) is 7.45. The molecule has 0 amide bonds. The number of ether oxygens (including phenoxy) is 1. The molecule has 0 fully saturated rings. The molecular weight excluding hydrogens is 266 g/mol. The molecule has 0 aliphatic heterocycles. The molecular formula is C17H21NO3. The van der Waals surface area contributed by atoms with E-state index in [1.807, 2.05) is 37.3 Å². The summed E-state index contributed by atoms with van der Waals surface area (Å²) < 4.78 is 10.6. The average Bonchev–Trinajstić information content (AvgIpc) is 2.97. The van der Waals surface area contributed by atoms with E-state index in [0.29, 0.717) is 13.0 Å². The maximum atomic E-state index is 11.2. The van der Waals surface area contributed by atoms with E-state index in [1.165, 1.54) is 0 Å². The van der Waals surface area contributed by atoms with E-state index >= 15 is 0 Å². The highest BCUT2D eigenvalue weighted by Gasteiger charge is 2.06. The molecule has 0 unspecified atom stereocenters. The fourth-order valence-corrected chi connectivity index (χ4v) is 2.12. The van der Waals surface area contributed by atoms with E-state index in [2.05, 4.69) is 4.98 Å². The minimum Gasteiger partial charge on any atom is -0.466 e. The molecule has 112 valence electrons. The lowest BCUT2D eigenvalue weighted by atomic mass is 10.1. The molecule has 0 aliphatic carbocycles. The van der Waals surface area contributed by atoms with E-state index in [1.54, 1.807) is 6.20 Å². The van der Waals surface area contributed by atoms with E-state index in [4.69, 9.17) is 9.15 Å². The van der Waals surface area contributed by atoms with Gasteiger partial charge in [-0.25, -0.2) is 4.98 Å². The summed E-state index contributed by atoms with van der Waals surface area (Å²) in [5.74, 6) is 1.45. The molecule has 2 aromatic rings. The monoisotopic (exact) mass is 287 g/mol. The maximum absolute atomic E-state index is 11.2. The molecule has 1 heterocycles. The van der Waals surface area contributed by atoms with Crippen molar-refractivity contribution >= 4 is 5.97 Å². The number of unbranched alkanes of at least 4 members (excludes halogenated alkanes) is 2. The molecule has 0 N–H and O–H groups in total. The van der Waals surface area contributed by atoms with Gasteiger partial charge in [0.1, 0.15) is 0 Å². The summed E-state index contributed by atoms with van der Waals surface area (Å²) in [6, 6.07) is 9.94. The zero-order valence-electron chi connectivity index (χ0n) is 12.4. The van der Waals surface area contributed by atoms with Crippen molar-refractivity contribution in [1.29, 1.82) is 0 Å². The number of aromatic nitrogens is 1. The second kappa shape index (κ2) is 8.25. The molecule has 4 heteroatoms. The van der Waals surface area contributed by atoms with Crippen molar-refractivity contribution < 1.29 is 13.9 Å². The molecule has 0 bridgehead atoms. The van der Waals surface area contributed by atoms with Crippen LogP contribution < -0.4 is 0 Å². The van der Waals surface area contributed by atoms with Crippen LogP contribution in [0.15, 0.2) is 40.9 Å². The number of carbonyl (C=O) groups excluding carboxylic acids is 1. The van der Waals surface area contributed by atoms with Crippen molar-refractivity contribution in [2.24, 2.45) is 0 Å². The van der Waals surface area contributed by atoms with Crippen molar-refractivity contribution in [2.75, 3.05) is 6.61 Å². The quantitative estimate of drug-likeness (QED) is 0.544. The van der Waals surface area contributed by atoms with Crippen LogP contribution in [0.5, 0.6) is 0 Å². The number of hydrogen-bond acceptors (Lipinski definition) is 4. The maximum Gasteiger partial charge on any atom is 0.305 e. The van der Waals surface area contributed by atoms with Gasteiger partial charge in [-0.2, -0.15) is 0 Å². The Balaban J connectivity index is 1.70. The summed E-state index contributed by atoms with van der Waals surface area (Å²) >= 11 is 0. The molecule has 21 heavy (non-hydrogen) atoms. The number of oxazole rings is 1. The minimum absolute atomic E-state index is 0.111. The number of hydrogen-bond donors (Lipinski definition) is 0. The predicted octanol–water partition coefficient (Wildman–Crippen LogP) is 4.01. The van der Waals surface area contributed by atoms with Gasteiger partial charge in [-0.1, -0.05) is 36.8 Å². The van der Waals surface area contributed by atoms with Gasteiger partial charge >= 0.3 is 5.97 Å². The van der Waals surface area contributed by atoms with Crippen LogP contribution >= 0.6 is 0 Å². The lowest BCUT2D eigenvalue weighted by Gasteiger charge is -2.01. The van der Waals surface area contributed by atoms with Crippen molar-refractivity contribution in [3.63, 3.8) is 0 Å². The average molecular weight is 287 g/mol. The van der Waals surface area contributed by atoms with Crippen molar-refractivity contribution in [3.8, 4) is 11.3 Å². The second-order valence-corrected chi connectivity index (χ2v) is 4.85. The molecule has 0 atom stereocenters. The summed E-state index contributed by atoms with van der Waals surface area (Å²) in [5, 5.41) is 0. The number of rotatable bonds is 8. The summed E-state index contributed by atoms with van der Waals surface area (Å²) in [6.45, 7) is 2.28. The van der Waals surface area contributed by atoms with Crippen molar-refractivity contribution in [1.82, 2.24) is 4.98 Å². The first-order valence-corrected chi connectivity index (χ1v) is 7.45. The molecule has 2 rings (SSSR count). The molecule has 1 aromatic carbocycles. The molecule has 0 saturated heterocycles. The van der Waals surface area contributed by atoms with Gasteiger partial charge in [0.2, 0.25) is 0 Å². The van der Waals surface area contributed by atoms with Crippen LogP contribution in [0.1, 0.15) is 38.5 Å². The zero-order chi connectivity index (χ0) is 14.9. The molecule has 0 saturated carbocycles. The first kappa shape index (κ1) is 15.3. The van der Waals surface area contributed by atoms with E-state index < -0.39 is 0 Å². The van der Waals surface area contributed by atoms with Crippen molar-refractivity contribution in [2.45, 2.75) is 39.0 Å². The number of esters is 1. The Morgan fingerprint density at radius 1 is 1.19 bits per heavy atom. The third-order valence-electron chi connectivity index (χ3n) is 3.19. The molecule has 1 aromatic heterocycles. The van der Waals surface area contributed by atoms with Gasteiger partial charge in [-0.15, -0.1) is 0 Å². The summed E-state index contributed by atoms with van der Waals surface area (Å²) in [6.07, 6.45) is 5.86. The number of benzene rings is 1. The smallest absolute Gasteiger partial charge is 0.305 e. The molecule has 0 spiro atoms. The fraction of sp³-hybridized carbons (Fsp3) is 0.412. The van der Waals surface area contributed by atoms with E-state index in [9.17, 15) is 4.79 Å². The van der Waals surface area contributed by atoms with E-state index in [-0.39, 0.29) is 5.97 Å². The highest BCUT2D eigenvalue weighted by molar-refractivity contribution is 5.69. The number of nitrogens with zero attached hydrogens (tertiary/aromatic N) is 1. The Hall–Kier alpha value is -2.10. The van der Waals surface area contributed by atoms with Gasteiger partial charge in [-0.05, 0) is 19.8 Å². The lowest BCUT2D eigenvalue weighted by Crippen LogP contribution is -2.03. The Labute approximate surface area is 125 Å². The zero-order valence-corrected chi connectivity index (χ0v) is 12.4. The Bertz CT molecular complexity index is 548. The predicted molar refractivity (Wildman–Crippen MR) is 80.7 cm³/mol. The minimum atomic E-state index is -0.111. The third-order valence-corrected chi connectivity index (χ3v) is 3.19. The van der Waals surface area contributed by atoms with Gasteiger partial charge < -0.3 is 9.15 Å². The van der Waals surface area contributed by atoms with Crippen LogP contribution in [0.2, 0.25) is 0 Å². The highest BCUT2D eigenvalue weighted by atomic mass is 16.5. The molecule has 0 aliphatic rings. The van der Waals surface area contributed by atoms with Gasteiger partial charge in [0.15, 0.2) is 11.7 Å². The summed E-state index contributed by atoms with van der Waals surface area (Å²) in [7, 11) is 0. The molecule has 4 nitrogen and oxygen atoms in total. The Kier molecular flexibility index (Phi) is 6.00. The normalized spacial score (nSPS) is 10.5. The third kappa shape index (κ3) is 5.06. The largest absolute Gasteiger partial charge is 0.466 e.